The van der Waals surface area contributed by atoms with Gasteiger partial charge in [0.15, 0.2) is 11.5 Å². The summed E-state index contributed by atoms with van der Waals surface area (Å²) in [6.07, 6.45) is 3.51. The van der Waals surface area contributed by atoms with Gasteiger partial charge in [0.2, 0.25) is 0 Å². The van der Waals surface area contributed by atoms with Crippen LogP contribution in [0.5, 0.6) is 11.5 Å². The molecule has 0 aliphatic rings. The van der Waals surface area contributed by atoms with Crippen LogP contribution in [0.1, 0.15) is 76.0 Å². The van der Waals surface area contributed by atoms with Gasteiger partial charge in [-0.25, -0.2) is 0 Å². The van der Waals surface area contributed by atoms with Gasteiger partial charge in [-0.2, -0.15) is 0 Å². The number of nitrogens with zero attached hydrogens (tertiary/aromatic N) is 2. The molecule has 0 aliphatic heterocycles. The molecule has 1 aromatic rings. The third-order valence-electron chi connectivity index (χ3n) is 3.44. The molecule has 0 saturated heterocycles. The quantitative estimate of drug-likeness (QED) is 0.731. The highest BCUT2D eigenvalue weighted by molar-refractivity contribution is 5.58. The molecule has 4 heteroatoms. The molecule has 0 radical (unpaired) electrons. The third-order valence-corrected chi connectivity index (χ3v) is 3.44. The van der Waals surface area contributed by atoms with Gasteiger partial charge >= 0.3 is 0 Å². The van der Waals surface area contributed by atoms with Crippen LogP contribution in [0.4, 0.5) is 0 Å². The van der Waals surface area contributed by atoms with Crippen molar-refractivity contribution >= 4 is 0 Å². The highest BCUT2D eigenvalue weighted by atomic mass is 16.5. The summed E-state index contributed by atoms with van der Waals surface area (Å²) >= 11 is 0. The van der Waals surface area contributed by atoms with Crippen LogP contribution in [-0.4, -0.2) is 0 Å². The van der Waals surface area contributed by atoms with Crippen molar-refractivity contribution in [2.75, 3.05) is 0 Å². The van der Waals surface area contributed by atoms with Crippen molar-refractivity contribution in [2.24, 2.45) is 0 Å². The lowest BCUT2D eigenvalue weighted by molar-refractivity contribution is 0.453. The van der Waals surface area contributed by atoms with E-state index in [9.17, 15) is 0 Å². The number of hydrogen-bond acceptors (Lipinski definition) is 4. The van der Waals surface area contributed by atoms with Crippen LogP contribution in [-0.2, 0) is 0 Å². The van der Waals surface area contributed by atoms with Crippen LogP contribution in [0.25, 0.3) is 0 Å². The number of nitriles is 2. The zero-order valence-corrected chi connectivity index (χ0v) is 13.5. The van der Waals surface area contributed by atoms with Crippen molar-refractivity contribution in [3.63, 3.8) is 0 Å². The molecule has 0 fully saturated rings. The molecule has 21 heavy (non-hydrogen) atoms. The topological polar surface area (TPSA) is 66.0 Å². The van der Waals surface area contributed by atoms with E-state index in [2.05, 4.69) is 27.7 Å². The summed E-state index contributed by atoms with van der Waals surface area (Å²) in [4.78, 5) is 0. The fraction of sp³-hybridized carbons (Fsp3) is 0.529. The molecule has 0 heterocycles. The van der Waals surface area contributed by atoms with Gasteiger partial charge in [0.05, 0.1) is 0 Å². The van der Waals surface area contributed by atoms with Crippen LogP contribution in [0.3, 0.4) is 0 Å². The van der Waals surface area contributed by atoms with Crippen LogP contribution in [0.2, 0.25) is 0 Å². The average Bonchev–Trinajstić information content (AvgIpc) is 2.38. The van der Waals surface area contributed by atoms with Crippen molar-refractivity contribution in [2.45, 2.75) is 59.3 Å². The summed E-state index contributed by atoms with van der Waals surface area (Å²) in [6.45, 7) is 12.2. The molecular weight excluding hydrogens is 264 g/mol. The maximum Gasteiger partial charge on any atom is 0.292 e. The van der Waals surface area contributed by atoms with Gasteiger partial charge < -0.3 is 9.47 Å². The molecule has 0 saturated carbocycles. The van der Waals surface area contributed by atoms with Gasteiger partial charge in [0.25, 0.3) is 12.5 Å². The Kier molecular flexibility index (Phi) is 5.61. The lowest BCUT2D eigenvalue weighted by Gasteiger charge is -2.23. The van der Waals surface area contributed by atoms with Gasteiger partial charge in [-0.15, -0.1) is 10.5 Å². The van der Waals surface area contributed by atoms with Crippen LogP contribution in [0.15, 0.2) is 6.07 Å². The first-order valence-corrected chi connectivity index (χ1v) is 7.17. The van der Waals surface area contributed by atoms with Gasteiger partial charge in [0.1, 0.15) is 0 Å². The highest BCUT2D eigenvalue weighted by Crippen LogP contribution is 2.45. The Morgan fingerprint density at radius 1 is 0.762 bits per heavy atom. The molecule has 0 aromatic heterocycles. The smallest absolute Gasteiger partial charge is 0.292 e. The number of ether oxygens (including phenoxy) is 2. The predicted octanol–water partition coefficient (Wildman–Crippen LogP) is 4.78. The molecule has 0 atom stereocenters. The first-order valence-electron chi connectivity index (χ1n) is 7.17. The largest absolute Gasteiger partial charge is 0.387 e. The molecule has 112 valence electrons. The number of benzene rings is 1. The van der Waals surface area contributed by atoms with E-state index in [1.54, 1.807) is 12.5 Å². The summed E-state index contributed by atoms with van der Waals surface area (Å²) in [5.74, 6) is 1.54. The predicted molar refractivity (Wildman–Crippen MR) is 81.2 cm³/mol. The minimum Gasteiger partial charge on any atom is -0.387 e. The molecule has 0 bridgehead atoms. The summed E-state index contributed by atoms with van der Waals surface area (Å²) < 4.78 is 10.5. The SMILES string of the molecule is CC(C)c1cc(C(C)C)c(OC#N)c(C(C)C)c1OC#N. The van der Waals surface area contributed by atoms with Crippen molar-refractivity contribution in [3.05, 3.63) is 22.8 Å². The molecule has 0 spiro atoms. The summed E-state index contributed by atoms with van der Waals surface area (Å²) in [6, 6.07) is 1.99. The fourth-order valence-corrected chi connectivity index (χ4v) is 2.41. The maximum absolute atomic E-state index is 8.95. The summed E-state index contributed by atoms with van der Waals surface area (Å²) in [5, 5.41) is 17.9. The van der Waals surface area contributed by atoms with Crippen LogP contribution in [0, 0.1) is 23.0 Å². The first kappa shape index (κ1) is 16.9. The highest BCUT2D eigenvalue weighted by Gasteiger charge is 2.25. The van der Waals surface area contributed by atoms with Gasteiger partial charge in [0, 0.05) is 5.56 Å². The second-order valence-electron chi connectivity index (χ2n) is 5.98. The molecule has 0 amide bonds. The molecule has 0 N–H and O–H groups in total. The second-order valence-corrected chi connectivity index (χ2v) is 5.98. The van der Waals surface area contributed by atoms with E-state index < -0.39 is 0 Å². The molecular formula is C17H22N2O2. The Morgan fingerprint density at radius 3 is 1.38 bits per heavy atom. The lowest BCUT2D eigenvalue weighted by atomic mass is 9.87. The van der Waals surface area contributed by atoms with Gasteiger partial charge in [-0.05, 0) is 34.9 Å². The average molecular weight is 286 g/mol. The van der Waals surface area contributed by atoms with Crippen LogP contribution < -0.4 is 9.47 Å². The first-order chi connectivity index (χ1) is 9.84. The zero-order chi connectivity index (χ0) is 16.2. The molecule has 1 rings (SSSR count). The van der Waals surface area contributed by atoms with E-state index in [0.29, 0.717) is 11.5 Å². The number of hydrogen-bond donors (Lipinski definition) is 0. The molecule has 1 aromatic carbocycles. The lowest BCUT2D eigenvalue weighted by Crippen LogP contribution is -2.07. The zero-order valence-electron chi connectivity index (χ0n) is 13.5. The number of rotatable bonds is 5. The van der Waals surface area contributed by atoms with Crippen molar-refractivity contribution in [1.82, 2.24) is 0 Å². The van der Waals surface area contributed by atoms with Crippen molar-refractivity contribution in [3.8, 4) is 24.0 Å². The van der Waals surface area contributed by atoms with Crippen LogP contribution >= 0.6 is 0 Å². The van der Waals surface area contributed by atoms with E-state index in [1.165, 1.54) is 0 Å². The Balaban J connectivity index is 3.81. The normalized spacial score (nSPS) is 10.6. The fourth-order valence-electron chi connectivity index (χ4n) is 2.41. The summed E-state index contributed by atoms with van der Waals surface area (Å²) in [5.41, 5.74) is 2.72. The van der Waals surface area contributed by atoms with Crippen molar-refractivity contribution in [1.29, 1.82) is 10.5 Å². The molecule has 4 nitrogen and oxygen atoms in total. The van der Waals surface area contributed by atoms with E-state index in [1.807, 2.05) is 19.9 Å². The van der Waals surface area contributed by atoms with Crippen molar-refractivity contribution < 1.29 is 9.47 Å². The molecule has 0 aliphatic carbocycles. The van der Waals surface area contributed by atoms with Gasteiger partial charge in [-0.3, -0.25) is 0 Å². The standard InChI is InChI=1S/C17H22N2O2/c1-10(2)13-7-14(11(3)4)17(21-9-19)15(12(5)6)16(13)20-8-18/h7,10-12H,1-6H3. The Bertz CT molecular complexity index is 544. The monoisotopic (exact) mass is 286 g/mol. The van der Waals surface area contributed by atoms with Gasteiger partial charge in [-0.1, -0.05) is 41.5 Å². The Labute approximate surface area is 126 Å². The second kappa shape index (κ2) is 6.99. The van der Waals surface area contributed by atoms with E-state index in [4.69, 9.17) is 20.0 Å². The third kappa shape index (κ3) is 3.47. The van der Waals surface area contributed by atoms with E-state index >= 15 is 0 Å². The minimum atomic E-state index is 0.0768. The summed E-state index contributed by atoms with van der Waals surface area (Å²) in [7, 11) is 0. The molecule has 0 unspecified atom stereocenters. The van der Waals surface area contributed by atoms with E-state index in [0.717, 1.165) is 16.7 Å². The Morgan fingerprint density at radius 2 is 1.14 bits per heavy atom. The minimum absolute atomic E-state index is 0.0768. The van der Waals surface area contributed by atoms with E-state index in [-0.39, 0.29) is 17.8 Å². The maximum atomic E-state index is 8.95. The Hall–Kier alpha value is -2.20.